The minimum absolute atomic E-state index is 0.802. The SMILES string of the molecule is CCN(CC)CCCOc1cccc(I)c1. The molecule has 1 aromatic rings. The summed E-state index contributed by atoms with van der Waals surface area (Å²) in [5.74, 6) is 0.978. The van der Waals surface area contributed by atoms with E-state index >= 15 is 0 Å². The van der Waals surface area contributed by atoms with Gasteiger partial charge in [0.25, 0.3) is 0 Å². The molecule has 0 saturated heterocycles. The second kappa shape index (κ2) is 7.90. The standard InChI is InChI=1S/C13H20INO/c1-3-15(4-2)9-6-10-16-13-8-5-7-12(14)11-13/h5,7-8,11H,3-4,6,9-10H2,1-2H3. The van der Waals surface area contributed by atoms with Crippen LogP contribution in [0.25, 0.3) is 0 Å². The third kappa shape index (κ3) is 5.16. The van der Waals surface area contributed by atoms with Crippen molar-refractivity contribution >= 4 is 22.6 Å². The Morgan fingerprint density at radius 2 is 2.00 bits per heavy atom. The van der Waals surface area contributed by atoms with Crippen LogP contribution >= 0.6 is 22.6 Å². The van der Waals surface area contributed by atoms with E-state index in [1.54, 1.807) is 0 Å². The van der Waals surface area contributed by atoms with Gasteiger partial charge in [0.05, 0.1) is 6.61 Å². The maximum absolute atomic E-state index is 5.69. The summed E-state index contributed by atoms with van der Waals surface area (Å²) in [5.41, 5.74) is 0. The van der Waals surface area contributed by atoms with Crippen molar-refractivity contribution in [3.05, 3.63) is 27.8 Å². The van der Waals surface area contributed by atoms with E-state index in [-0.39, 0.29) is 0 Å². The summed E-state index contributed by atoms with van der Waals surface area (Å²) in [7, 11) is 0. The zero-order chi connectivity index (χ0) is 11.8. The van der Waals surface area contributed by atoms with Crippen LogP contribution in [0.4, 0.5) is 0 Å². The van der Waals surface area contributed by atoms with Gasteiger partial charge in [-0.3, -0.25) is 0 Å². The summed E-state index contributed by atoms with van der Waals surface area (Å²) in [6, 6.07) is 8.18. The van der Waals surface area contributed by atoms with Gasteiger partial charge in [0.1, 0.15) is 5.75 Å². The molecule has 0 bridgehead atoms. The molecule has 16 heavy (non-hydrogen) atoms. The fourth-order valence-electron chi connectivity index (χ4n) is 1.57. The number of ether oxygens (including phenoxy) is 1. The Morgan fingerprint density at radius 1 is 1.25 bits per heavy atom. The molecule has 0 aromatic heterocycles. The highest BCUT2D eigenvalue weighted by Gasteiger charge is 1.99. The summed E-state index contributed by atoms with van der Waals surface area (Å²) in [6.07, 6.45) is 1.09. The van der Waals surface area contributed by atoms with Gasteiger partial charge in [-0.2, -0.15) is 0 Å². The Labute approximate surface area is 112 Å². The van der Waals surface area contributed by atoms with Crippen LogP contribution in [0.15, 0.2) is 24.3 Å². The average molecular weight is 333 g/mol. The first-order valence-corrected chi connectivity index (χ1v) is 6.94. The van der Waals surface area contributed by atoms with Crippen LogP contribution in [0.2, 0.25) is 0 Å². The van der Waals surface area contributed by atoms with Crippen LogP contribution in [0.3, 0.4) is 0 Å². The molecule has 2 nitrogen and oxygen atoms in total. The van der Waals surface area contributed by atoms with E-state index in [4.69, 9.17) is 4.74 Å². The molecular formula is C13H20INO. The van der Waals surface area contributed by atoms with Gasteiger partial charge in [0.15, 0.2) is 0 Å². The molecule has 0 N–H and O–H groups in total. The Balaban J connectivity index is 2.20. The first kappa shape index (κ1) is 13.8. The molecule has 0 aliphatic rings. The van der Waals surface area contributed by atoms with Crippen LogP contribution in [0.1, 0.15) is 20.3 Å². The van der Waals surface area contributed by atoms with E-state index in [1.807, 2.05) is 12.1 Å². The molecule has 0 atom stereocenters. The number of rotatable bonds is 7. The van der Waals surface area contributed by atoms with Gasteiger partial charge in [-0.05, 0) is 60.3 Å². The van der Waals surface area contributed by atoms with Crippen LogP contribution in [0.5, 0.6) is 5.75 Å². The van der Waals surface area contributed by atoms with Gasteiger partial charge in [-0.15, -0.1) is 0 Å². The zero-order valence-corrected chi connectivity index (χ0v) is 12.2. The largest absolute Gasteiger partial charge is 0.494 e. The Hall–Kier alpha value is -0.290. The molecule has 0 radical (unpaired) electrons. The monoisotopic (exact) mass is 333 g/mol. The number of halogens is 1. The average Bonchev–Trinajstić information content (AvgIpc) is 2.29. The van der Waals surface area contributed by atoms with Crippen LogP contribution in [-0.2, 0) is 0 Å². The summed E-state index contributed by atoms with van der Waals surface area (Å²) in [4.78, 5) is 2.41. The van der Waals surface area contributed by atoms with E-state index in [1.165, 1.54) is 3.57 Å². The zero-order valence-electron chi connectivity index (χ0n) is 10.1. The third-order valence-electron chi connectivity index (χ3n) is 2.58. The molecule has 0 aliphatic heterocycles. The summed E-state index contributed by atoms with van der Waals surface area (Å²) in [5, 5.41) is 0. The van der Waals surface area contributed by atoms with Crippen LogP contribution in [-0.4, -0.2) is 31.1 Å². The molecule has 0 aliphatic carbocycles. The Kier molecular flexibility index (Phi) is 6.80. The lowest BCUT2D eigenvalue weighted by Gasteiger charge is -2.17. The molecule has 0 saturated carbocycles. The fraction of sp³-hybridized carbons (Fsp3) is 0.538. The lowest BCUT2D eigenvalue weighted by atomic mass is 10.3. The third-order valence-corrected chi connectivity index (χ3v) is 3.25. The first-order valence-electron chi connectivity index (χ1n) is 5.87. The number of hydrogen-bond donors (Lipinski definition) is 0. The minimum Gasteiger partial charge on any atom is -0.494 e. The molecular weight excluding hydrogens is 313 g/mol. The van der Waals surface area contributed by atoms with Crippen molar-refractivity contribution in [2.24, 2.45) is 0 Å². The fourth-order valence-corrected chi connectivity index (χ4v) is 2.09. The molecule has 1 rings (SSSR count). The molecule has 1 aromatic carbocycles. The van der Waals surface area contributed by atoms with Gasteiger partial charge in [0.2, 0.25) is 0 Å². The van der Waals surface area contributed by atoms with Crippen LogP contribution in [0, 0.1) is 3.57 Å². The molecule has 90 valence electrons. The van der Waals surface area contributed by atoms with E-state index in [2.05, 4.69) is 53.5 Å². The Morgan fingerprint density at radius 3 is 2.62 bits per heavy atom. The smallest absolute Gasteiger partial charge is 0.120 e. The highest BCUT2D eigenvalue weighted by atomic mass is 127. The predicted octanol–water partition coefficient (Wildman–Crippen LogP) is 3.40. The highest BCUT2D eigenvalue weighted by Crippen LogP contribution is 2.14. The predicted molar refractivity (Wildman–Crippen MR) is 77.1 cm³/mol. The molecule has 3 heteroatoms. The highest BCUT2D eigenvalue weighted by molar-refractivity contribution is 14.1. The van der Waals surface area contributed by atoms with Crippen molar-refractivity contribution < 1.29 is 4.74 Å². The number of benzene rings is 1. The lowest BCUT2D eigenvalue weighted by molar-refractivity contribution is 0.249. The maximum atomic E-state index is 5.69. The van der Waals surface area contributed by atoms with Gasteiger partial charge >= 0.3 is 0 Å². The molecule has 0 fully saturated rings. The second-order valence-corrected chi connectivity index (χ2v) is 4.93. The Bertz CT molecular complexity index is 300. The lowest BCUT2D eigenvalue weighted by Crippen LogP contribution is -2.25. The van der Waals surface area contributed by atoms with Crippen molar-refractivity contribution in [2.75, 3.05) is 26.2 Å². The summed E-state index contributed by atoms with van der Waals surface area (Å²) < 4.78 is 6.92. The van der Waals surface area contributed by atoms with Crippen LogP contribution < -0.4 is 4.74 Å². The van der Waals surface area contributed by atoms with Crippen molar-refractivity contribution in [3.63, 3.8) is 0 Å². The molecule has 0 unspecified atom stereocenters. The van der Waals surface area contributed by atoms with E-state index in [0.29, 0.717) is 0 Å². The number of hydrogen-bond acceptors (Lipinski definition) is 2. The molecule has 0 amide bonds. The maximum Gasteiger partial charge on any atom is 0.120 e. The van der Waals surface area contributed by atoms with Gasteiger partial charge in [-0.1, -0.05) is 19.9 Å². The van der Waals surface area contributed by atoms with Crippen molar-refractivity contribution in [1.29, 1.82) is 0 Å². The van der Waals surface area contributed by atoms with Crippen molar-refractivity contribution in [3.8, 4) is 5.75 Å². The topological polar surface area (TPSA) is 12.5 Å². The summed E-state index contributed by atoms with van der Waals surface area (Å²) >= 11 is 2.30. The van der Waals surface area contributed by atoms with Crippen molar-refractivity contribution in [2.45, 2.75) is 20.3 Å². The molecule has 0 heterocycles. The van der Waals surface area contributed by atoms with E-state index in [9.17, 15) is 0 Å². The van der Waals surface area contributed by atoms with E-state index in [0.717, 1.165) is 38.4 Å². The second-order valence-electron chi connectivity index (χ2n) is 3.69. The van der Waals surface area contributed by atoms with Gasteiger partial charge < -0.3 is 9.64 Å². The molecule has 0 spiro atoms. The van der Waals surface area contributed by atoms with E-state index < -0.39 is 0 Å². The summed E-state index contributed by atoms with van der Waals surface area (Å²) in [6.45, 7) is 8.57. The van der Waals surface area contributed by atoms with Crippen molar-refractivity contribution in [1.82, 2.24) is 4.90 Å². The minimum atomic E-state index is 0.802. The normalized spacial score (nSPS) is 10.8. The van der Waals surface area contributed by atoms with Gasteiger partial charge in [0, 0.05) is 10.1 Å². The number of nitrogens with zero attached hydrogens (tertiary/aromatic N) is 1. The van der Waals surface area contributed by atoms with Gasteiger partial charge in [-0.25, -0.2) is 0 Å². The first-order chi connectivity index (χ1) is 7.76. The quantitative estimate of drug-likeness (QED) is 0.560.